The number of ether oxygens (including phenoxy) is 1. The van der Waals surface area contributed by atoms with E-state index in [9.17, 15) is 9.59 Å². The van der Waals surface area contributed by atoms with Crippen molar-refractivity contribution in [3.8, 4) is 0 Å². The number of aromatic nitrogens is 1. The van der Waals surface area contributed by atoms with E-state index in [-0.39, 0.29) is 17.8 Å². The first-order valence-corrected chi connectivity index (χ1v) is 7.75. The first-order valence-electron chi connectivity index (χ1n) is 7.75. The van der Waals surface area contributed by atoms with Crippen molar-refractivity contribution < 1.29 is 14.3 Å². The molecule has 5 heteroatoms. The lowest BCUT2D eigenvalue weighted by molar-refractivity contribution is -0.123. The largest absolute Gasteiger partial charge is 0.444 e. The topological polar surface area (TPSA) is 59.5 Å². The van der Waals surface area contributed by atoms with Gasteiger partial charge in [-0.05, 0) is 51.3 Å². The molecule has 120 valence electrons. The van der Waals surface area contributed by atoms with Crippen LogP contribution in [0.3, 0.4) is 0 Å². The SMILES string of the molecule is CC(C)(C)OC(=O)N1CCC(C(=O)Cc2ccncc2)CC1. The molecule has 1 saturated heterocycles. The molecule has 2 heterocycles. The first-order chi connectivity index (χ1) is 10.3. The average molecular weight is 304 g/mol. The molecule has 2 rings (SSSR count). The molecule has 1 aromatic rings. The number of amides is 1. The second-order valence-corrected chi connectivity index (χ2v) is 6.74. The molecule has 0 bridgehead atoms. The predicted octanol–water partition coefficient (Wildman–Crippen LogP) is 2.84. The van der Waals surface area contributed by atoms with Crippen molar-refractivity contribution in [2.45, 2.75) is 45.6 Å². The molecule has 0 spiro atoms. The minimum atomic E-state index is -0.481. The molecular weight excluding hydrogens is 280 g/mol. The smallest absolute Gasteiger partial charge is 0.410 e. The van der Waals surface area contributed by atoms with Gasteiger partial charge in [-0.25, -0.2) is 4.79 Å². The van der Waals surface area contributed by atoms with Crippen LogP contribution < -0.4 is 0 Å². The number of rotatable bonds is 3. The number of piperidine rings is 1. The highest BCUT2D eigenvalue weighted by Gasteiger charge is 2.29. The normalized spacial score (nSPS) is 16.4. The molecule has 0 radical (unpaired) electrons. The number of ketones is 1. The summed E-state index contributed by atoms with van der Waals surface area (Å²) in [6, 6.07) is 3.74. The van der Waals surface area contributed by atoms with Crippen molar-refractivity contribution in [2.75, 3.05) is 13.1 Å². The number of Topliss-reactive ketones (excluding diaryl/α,β-unsaturated/α-hetero) is 1. The number of carbonyl (C=O) groups is 2. The van der Waals surface area contributed by atoms with E-state index in [1.807, 2.05) is 32.9 Å². The monoisotopic (exact) mass is 304 g/mol. The second kappa shape index (κ2) is 6.90. The molecule has 0 N–H and O–H groups in total. The fraction of sp³-hybridized carbons (Fsp3) is 0.588. The highest BCUT2D eigenvalue weighted by Crippen LogP contribution is 2.21. The molecule has 0 saturated carbocycles. The van der Waals surface area contributed by atoms with Crippen molar-refractivity contribution in [1.82, 2.24) is 9.88 Å². The van der Waals surface area contributed by atoms with Gasteiger partial charge in [0.2, 0.25) is 0 Å². The highest BCUT2D eigenvalue weighted by molar-refractivity contribution is 5.83. The fourth-order valence-corrected chi connectivity index (χ4v) is 2.56. The molecule has 0 aromatic carbocycles. The molecule has 0 atom stereocenters. The van der Waals surface area contributed by atoms with Crippen LogP contribution in [0.15, 0.2) is 24.5 Å². The Morgan fingerprint density at radius 2 is 1.82 bits per heavy atom. The van der Waals surface area contributed by atoms with Crippen molar-refractivity contribution in [1.29, 1.82) is 0 Å². The summed E-state index contributed by atoms with van der Waals surface area (Å²) in [6.45, 7) is 6.74. The van der Waals surface area contributed by atoms with Crippen LogP contribution in [0, 0.1) is 5.92 Å². The van der Waals surface area contributed by atoms with E-state index in [0.29, 0.717) is 32.4 Å². The molecule has 0 unspecified atom stereocenters. The number of carbonyl (C=O) groups excluding carboxylic acids is 2. The van der Waals surface area contributed by atoms with Gasteiger partial charge in [-0.2, -0.15) is 0 Å². The molecule has 1 fully saturated rings. The zero-order valence-corrected chi connectivity index (χ0v) is 13.5. The Morgan fingerprint density at radius 3 is 2.36 bits per heavy atom. The lowest BCUT2D eigenvalue weighted by atomic mass is 9.89. The maximum atomic E-state index is 12.3. The van der Waals surface area contributed by atoms with Gasteiger partial charge in [0.05, 0.1) is 0 Å². The van der Waals surface area contributed by atoms with Gasteiger partial charge in [0.25, 0.3) is 0 Å². The van der Waals surface area contributed by atoms with Crippen LogP contribution in [0.25, 0.3) is 0 Å². The van der Waals surface area contributed by atoms with Crippen LogP contribution in [-0.4, -0.2) is 40.5 Å². The van der Waals surface area contributed by atoms with Crippen molar-refractivity contribution in [2.24, 2.45) is 5.92 Å². The third kappa shape index (κ3) is 4.83. The Bertz CT molecular complexity index is 514. The number of nitrogens with zero attached hydrogens (tertiary/aromatic N) is 2. The standard InChI is InChI=1S/C17H24N2O3/c1-17(2,3)22-16(21)19-10-6-14(7-11-19)15(20)12-13-4-8-18-9-5-13/h4-5,8-9,14H,6-7,10-12H2,1-3H3. The molecule has 0 aliphatic carbocycles. The van der Waals surface area contributed by atoms with Crippen LogP contribution >= 0.6 is 0 Å². The zero-order valence-electron chi connectivity index (χ0n) is 13.5. The predicted molar refractivity (Wildman–Crippen MR) is 83.5 cm³/mol. The summed E-state index contributed by atoms with van der Waals surface area (Å²) in [7, 11) is 0. The van der Waals surface area contributed by atoms with Crippen LogP contribution in [0.4, 0.5) is 4.79 Å². The van der Waals surface area contributed by atoms with Gasteiger partial charge in [0.1, 0.15) is 11.4 Å². The number of hydrogen-bond donors (Lipinski definition) is 0. The Hall–Kier alpha value is -1.91. The third-order valence-corrected chi connectivity index (χ3v) is 3.73. The van der Waals surface area contributed by atoms with Crippen LogP contribution in [0.2, 0.25) is 0 Å². The molecule has 1 aromatic heterocycles. The molecule has 5 nitrogen and oxygen atoms in total. The van der Waals surface area contributed by atoms with Gasteiger partial charge >= 0.3 is 6.09 Å². The van der Waals surface area contributed by atoms with E-state index < -0.39 is 5.60 Å². The lowest BCUT2D eigenvalue weighted by Gasteiger charge is -2.33. The molecule has 1 amide bonds. The van der Waals surface area contributed by atoms with Crippen molar-refractivity contribution >= 4 is 11.9 Å². The number of pyridine rings is 1. The van der Waals surface area contributed by atoms with E-state index in [2.05, 4.69) is 4.98 Å². The molecular formula is C17H24N2O3. The Kier molecular flexibility index (Phi) is 5.16. The number of likely N-dealkylation sites (tertiary alicyclic amines) is 1. The maximum absolute atomic E-state index is 12.3. The minimum Gasteiger partial charge on any atom is -0.444 e. The summed E-state index contributed by atoms with van der Waals surface area (Å²) in [4.78, 5) is 30.0. The summed E-state index contributed by atoms with van der Waals surface area (Å²) in [5.74, 6) is 0.280. The van der Waals surface area contributed by atoms with Gasteiger partial charge in [-0.15, -0.1) is 0 Å². The van der Waals surface area contributed by atoms with Crippen LogP contribution in [0.5, 0.6) is 0 Å². The quantitative estimate of drug-likeness (QED) is 0.861. The Labute approximate surface area is 131 Å². The lowest BCUT2D eigenvalue weighted by Crippen LogP contribution is -2.43. The van der Waals surface area contributed by atoms with E-state index in [0.717, 1.165) is 5.56 Å². The third-order valence-electron chi connectivity index (χ3n) is 3.73. The summed E-state index contributed by atoms with van der Waals surface area (Å²) < 4.78 is 5.36. The summed E-state index contributed by atoms with van der Waals surface area (Å²) in [6.07, 6.45) is 4.99. The number of hydrogen-bond acceptors (Lipinski definition) is 4. The minimum absolute atomic E-state index is 0.0341. The second-order valence-electron chi connectivity index (χ2n) is 6.74. The highest BCUT2D eigenvalue weighted by atomic mass is 16.6. The van der Waals surface area contributed by atoms with E-state index in [1.165, 1.54) is 0 Å². The average Bonchev–Trinajstić information content (AvgIpc) is 2.46. The Morgan fingerprint density at radius 1 is 1.23 bits per heavy atom. The summed E-state index contributed by atoms with van der Waals surface area (Å²) in [5.41, 5.74) is 0.514. The van der Waals surface area contributed by atoms with Crippen molar-refractivity contribution in [3.05, 3.63) is 30.1 Å². The van der Waals surface area contributed by atoms with Crippen LogP contribution in [-0.2, 0) is 16.0 Å². The van der Waals surface area contributed by atoms with Gasteiger partial charge in [-0.1, -0.05) is 0 Å². The van der Waals surface area contributed by atoms with Gasteiger partial charge in [-0.3, -0.25) is 9.78 Å². The van der Waals surface area contributed by atoms with Crippen LogP contribution in [0.1, 0.15) is 39.2 Å². The molecule has 1 aliphatic heterocycles. The zero-order chi connectivity index (χ0) is 16.2. The van der Waals surface area contributed by atoms with Gasteiger partial charge < -0.3 is 9.64 Å². The first kappa shape index (κ1) is 16.5. The summed E-state index contributed by atoms with van der Waals surface area (Å²) >= 11 is 0. The maximum Gasteiger partial charge on any atom is 0.410 e. The summed E-state index contributed by atoms with van der Waals surface area (Å²) in [5, 5.41) is 0. The van der Waals surface area contributed by atoms with Gasteiger partial charge in [0, 0.05) is 37.8 Å². The van der Waals surface area contributed by atoms with Crippen molar-refractivity contribution in [3.63, 3.8) is 0 Å². The van der Waals surface area contributed by atoms with E-state index in [4.69, 9.17) is 4.74 Å². The van der Waals surface area contributed by atoms with E-state index >= 15 is 0 Å². The van der Waals surface area contributed by atoms with Gasteiger partial charge in [0.15, 0.2) is 0 Å². The molecule has 1 aliphatic rings. The van der Waals surface area contributed by atoms with E-state index in [1.54, 1.807) is 17.3 Å². The molecule has 22 heavy (non-hydrogen) atoms. The fourth-order valence-electron chi connectivity index (χ4n) is 2.56. The Balaban J connectivity index is 1.82.